The van der Waals surface area contributed by atoms with Gasteiger partial charge in [-0.25, -0.2) is 14.6 Å². The molecule has 2 aromatic carbocycles. The van der Waals surface area contributed by atoms with E-state index in [4.69, 9.17) is 31.5 Å². The molecule has 0 bridgehead atoms. The second-order valence-electron chi connectivity index (χ2n) is 8.05. The number of rotatable bonds is 6. The van der Waals surface area contributed by atoms with Gasteiger partial charge in [-0.1, -0.05) is 48.0 Å². The molecule has 3 atom stereocenters. The Morgan fingerprint density at radius 2 is 1.65 bits per heavy atom. The highest BCUT2D eigenvalue weighted by Gasteiger charge is 2.63. The number of nitrogen functional groups attached to an aromatic ring is 1. The molecule has 1 aliphatic heterocycles. The molecular weight excluding hydrogens is 512 g/mol. The van der Waals surface area contributed by atoms with Crippen LogP contribution in [0, 0.1) is 0 Å². The number of aromatic nitrogens is 4. The van der Waals surface area contributed by atoms with Crippen LogP contribution in [0.4, 0.5) is 14.7 Å². The van der Waals surface area contributed by atoms with E-state index in [-0.39, 0.29) is 33.4 Å². The molecule has 1 fully saturated rings. The number of fused-ring (bicyclic) bond motifs is 1. The SMILES string of the molecule is Nc1nc(Cl)c2ncn([C@@H]3O[C@@H](COC(=O)c4ccccc4)[C@H](OC(=O)c4ccccc4)C3(F)F)c2n1. The number of anilines is 1. The summed E-state index contributed by atoms with van der Waals surface area (Å²) in [5.74, 6) is -5.84. The van der Waals surface area contributed by atoms with E-state index in [1.165, 1.54) is 24.3 Å². The molecule has 37 heavy (non-hydrogen) atoms. The van der Waals surface area contributed by atoms with E-state index in [9.17, 15) is 9.59 Å². The summed E-state index contributed by atoms with van der Waals surface area (Å²) in [6.07, 6.45) is -4.66. The highest BCUT2D eigenvalue weighted by Crippen LogP contribution is 2.46. The fourth-order valence-electron chi connectivity index (χ4n) is 3.89. The lowest BCUT2D eigenvalue weighted by molar-refractivity contribution is -0.140. The molecular formula is C24H18ClF2N5O5. The molecule has 2 aromatic heterocycles. The van der Waals surface area contributed by atoms with Gasteiger partial charge in [-0.15, -0.1) is 0 Å². The Kier molecular flexibility index (Phi) is 6.44. The number of imidazole rings is 1. The number of ether oxygens (including phenoxy) is 3. The van der Waals surface area contributed by atoms with Crippen molar-refractivity contribution in [2.45, 2.75) is 24.4 Å². The van der Waals surface area contributed by atoms with Crippen molar-refractivity contribution in [2.24, 2.45) is 0 Å². The Balaban J connectivity index is 1.47. The van der Waals surface area contributed by atoms with Crippen molar-refractivity contribution >= 4 is 40.7 Å². The average Bonchev–Trinajstić information content (AvgIpc) is 3.41. The predicted octanol–water partition coefficient (Wildman–Crippen LogP) is 3.68. The molecule has 0 radical (unpaired) electrons. The number of alkyl halides is 2. The normalized spacial score (nSPS) is 20.6. The number of carbonyl (C=O) groups excluding carboxylic acids is 2. The molecule has 4 aromatic rings. The molecule has 5 rings (SSSR count). The van der Waals surface area contributed by atoms with Crippen LogP contribution in [0.25, 0.3) is 11.2 Å². The first-order chi connectivity index (χ1) is 17.8. The molecule has 0 spiro atoms. The monoisotopic (exact) mass is 529 g/mol. The summed E-state index contributed by atoms with van der Waals surface area (Å²) in [6, 6.07) is 15.6. The number of hydrogen-bond acceptors (Lipinski definition) is 9. The quantitative estimate of drug-likeness (QED) is 0.293. The van der Waals surface area contributed by atoms with Gasteiger partial charge in [0, 0.05) is 0 Å². The van der Waals surface area contributed by atoms with Crippen LogP contribution in [0.1, 0.15) is 26.9 Å². The number of halogens is 3. The minimum absolute atomic E-state index is 0.0204. The van der Waals surface area contributed by atoms with Gasteiger partial charge in [0.05, 0.1) is 17.5 Å². The number of esters is 2. The molecule has 0 aliphatic carbocycles. The van der Waals surface area contributed by atoms with Crippen molar-refractivity contribution in [3.05, 3.63) is 83.3 Å². The van der Waals surface area contributed by atoms with Crippen molar-refractivity contribution < 1.29 is 32.6 Å². The van der Waals surface area contributed by atoms with Crippen molar-refractivity contribution in [3.63, 3.8) is 0 Å². The van der Waals surface area contributed by atoms with Gasteiger partial charge in [0.2, 0.25) is 12.2 Å². The molecule has 13 heteroatoms. The van der Waals surface area contributed by atoms with Gasteiger partial charge >= 0.3 is 17.9 Å². The fraction of sp³-hybridized carbons (Fsp3) is 0.208. The van der Waals surface area contributed by atoms with Crippen LogP contribution >= 0.6 is 11.6 Å². The number of carbonyl (C=O) groups is 2. The summed E-state index contributed by atoms with van der Waals surface area (Å²) in [5.41, 5.74) is 5.81. The first-order valence-corrected chi connectivity index (χ1v) is 11.3. The van der Waals surface area contributed by atoms with Gasteiger partial charge in [0.1, 0.15) is 18.2 Å². The van der Waals surface area contributed by atoms with E-state index in [1.807, 2.05) is 0 Å². The van der Waals surface area contributed by atoms with Gasteiger partial charge < -0.3 is 19.9 Å². The standard InChI is InChI=1S/C24H18ClF2N5O5/c25-18-16-19(31-23(28)30-18)32(12-29-16)22-24(26,27)17(37-21(34)14-9-5-2-6-10-14)15(36-22)11-35-20(33)13-7-3-1-4-8-13/h1-10,12,15,17,22H,11H2,(H2,28,30,31)/t15-,17-,22+/m0/s1. The number of hydrogen-bond donors (Lipinski definition) is 1. The zero-order valence-electron chi connectivity index (χ0n) is 18.8. The predicted molar refractivity (Wildman–Crippen MR) is 126 cm³/mol. The van der Waals surface area contributed by atoms with Gasteiger partial charge in [-0.2, -0.15) is 18.7 Å². The van der Waals surface area contributed by atoms with Crippen molar-refractivity contribution in [1.29, 1.82) is 0 Å². The molecule has 10 nitrogen and oxygen atoms in total. The van der Waals surface area contributed by atoms with Crippen molar-refractivity contribution in [1.82, 2.24) is 19.5 Å². The lowest BCUT2D eigenvalue weighted by atomic mass is 10.1. The number of nitrogens with zero attached hydrogens (tertiary/aromatic N) is 4. The third kappa shape index (κ3) is 4.68. The molecule has 190 valence electrons. The molecule has 0 unspecified atom stereocenters. The highest BCUT2D eigenvalue weighted by molar-refractivity contribution is 6.33. The molecule has 3 heterocycles. The van der Waals surface area contributed by atoms with Crippen LogP contribution in [0.2, 0.25) is 5.15 Å². The van der Waals surface area contributed by atoms with E-state index in [1.54, 1.807) is 36.4 Å². The Hall–Kier alpha value is -4.16. The van der Waals surface area contributed by atoms with E-state index in [2.05, 4.69) is 15.0 Å². The van der Waals surface area contributed by atoms with Crippen LogP contribution in [0.5, 0.6) is 0 Å². The van der Waals surface area contributed by atoms with Gasteiger partial charge in [0.25, 0.3) is 0 Å². The minimum atomic E-state index is -3.81. The van der Waals surface area contributed by atoms with Gasteiger partial charge in [0.15, 0.2) is 16.9 Å². The summed E-state index contributed by atoms with van der Waals surface area (Å²) >= 11 is 6.03. The van der Waals surface area contributed by atoms with Crippen molar-refractivity contribution in [3.8, 4) is 0 Å². The van der Waals surface area contributed by atoms with E-state index in [0.29, 0.717) is 0 Å². The fourth-order valence-corrected chi connectivity index (χ4v) is 4.11. The Morgan fingerprint density at radius 1 is 1.03 bits per heavy atom. The summed E-state index contributed by atoms with van der Waals surface area (Å²) in [6.45, 7) is -0.628. The lowest BCUT2D eigenvalue weighted by Gasteiger charge is -2.24. The summed E-state index contributed by atoms with van der Waals surface area (Å²) < 4.78 is 48.7. The second-order valence-corrected chi connectivity index (χ2v) is 8.41. The minimum Gasteiger partial charge on any atom is -0.459 e. The zero-order valence-corrected chi connectivity index (χ0v) is 19.6. The highest BCUT2D eigenvalue weighted by atomic mass is 35.5. The average molecular weight is 530 g/mol. The third-order valence-electron chi connectivity index (χ3n) is 5.63. The molecule has 2 N–H and O–H groups in total. The smallest absolute Gasteiger partial charge is 0.338 e. The first-order valence-electron chi connectivity index (χ1n) is 10.9. The largest absolute Gasteiger partial charge is 0.459 e. The topological polar surface area (TPSA) is 131 Å². The lowest BCUT2D eigenvalue weighted by Crippen LogP contribution is -2.43. The molecule has 0 amide bonds. The van der Waals surface area contributed by atoms with Crippen LogP contribution in [-0.4, -0.2) is 56.2 Å². The molecule has 1 aliphatic rings. The maximum atomic E-state index is 15.8. The first kappa shape index (κ1) is 24.5. The number of nitrogens with two attached hydrogens (primary N) is 1. The van der Waals surface area contributed by atoms with E-state index >= 15 is 8.78 Å². The Morgan fingerprint density at radius 3 is 2.30 bits per heavy atom. The summed E-state index contributed by atoms with van der Waals surface area (Å²) in [5, 5.41) is -0.136. The molecule has 1 saturated heterocycles. The summed E-state index contributed by atoms with van der Waals surface area (Å²) in [4.78, 5) is 36.8. The maximum absolute atomic E-state index is 15.8. The van der Waals surface area contributed by atoms with Crippen LogP contribution < -0.4 is 5.73 Å². The van der Waals surface area contributed by atoms with Crippen molar-refractivity contribution in [2.75, 3.05) is 12.3 Å². The van der Waals surface area contributed by atoms with Crippen LogP contribution in [-0.2, 0) is 14.2 Å². The van der Waals surface area contributed by atoms with Crippen LogP contribution in [0.3, 0.4) is 0 Å². The Bertz CT molecular complexity index is 1450. The maximum Gasteiger partial charge on any atom is 0.338 e. The zero-order chi connectivity index (χ0) is 26.2. The number of benzene rings is 2. The van der Waals surface area contributed by atoms with E-state index in [0.717, 1.165) is 10.9 Å². The Labute approximate surface area is 212 Å². The van der Waals surface area contributed by atoms with E-state index < -0.39 is 42.9 Å². The summed E-state index contributed by atoms with van der Waals surface area (Å²) in [7, 11) is 0. The van der Waals surface area contributed by atoms with Gasteiger partial charge in [-0.3, -0.25) is 4.57 Å². The van der Waals surface area contributed by atoms with Crippen LogP contribution in [0.15, 0.2) is 67.0 Å². The van der Waals surface area contributed by atoms with Gasteiger partial charge in [-0.05, 0) is 24.3 Å². The third-order valence-corrected chi connectivity index (χ3v) is 5.89. The molecule has 0 saturated carbocycles. The second kappa shape index (κ2) is 9.71.